The van der Waals surface area contributed by atoms with Gasteiger partial charge in [0.2, 0.25) is 5.91 Å². The molecule has 3 atom stereocenters. The van der Waals surface area contributed by atoms with E-state index >= 15 is 0 Å². The van der Waals surface area contributed by atoms with E-state index in [-0.39, 0.29) is 23.3 Å². The van der Waals surface area contributed by atoms with E-state index in [2.05, 4.69) is 26.1 Å². The van der Waals surface area contributed by atoms with Crippen LogP contribution in [0.1, 0.15) is 59.3 Å². The highest BCUT2D eigenvalue weighted by Gasteiger charge is 2.44. The van der Waals surface area contributed by atoms with Gasteiger partial charge >= 0.3 is 0 Å². The summed E-state index contributed by atoms with van der Waals surface area (Å²) in [4.78, 5) is 12.5. The maximum atomic E-state index is 12.5. The number of hydrogen-bond donors (Lipinski definition) is 2. The molecule has 0 aromatic heterocycles. The molecule has 19 heavy (non-hydrogen) atoms. The van der Waals surface area contributed by atoms with Crippen LogP contribution in [0.3, 0.4) is 0 Å². The molecule has 0 spiro atoms. The fourth-order valence-corrected chi connectivity index (χ4v) is 3.90. The molecule has 110 valence electrons. The monoisotopic (exact) mass is 266 g/mol. The molecular weight excluding hydrogens is 236 g/mol. The van der Waals surface area contributed by atoms with Gasteiger partial charge in [-0.15, -0.1) is 0 Å². The van der Waals surface area contributed by atoms with Gasteiger partial charge in [0.15, 0.2) is 0 Å². The van der Waals surface area contributed by atoms with Crippen molar-refractivity contribution in [3.05, 3.63) is 0 Å². The first kappa shape index (κ1) is 14.8. The third kappa shape index (κ3) is 3.13. The van der Waals surface area contributed by atoms with Crippen LogP contribution in [0.25, 0.3) is 0 Å². The predicted molar refractivity (Wildman–Crippen MR) is 78.6 cm³/mol. The molecule has 2 aliphatic rings. The first-order valence-electron chi connectivity index (χ1n) is 7.96. The Morgan fingerprint density at radius 1 is 1.21 bits per heavy atom. The average molecular weight is 266 g/mol. The van der Waals surface area contributed by atoms with Crippen molar-refractivity contribution in [1.82, 2.24) is 5.32 Å². The normalized spacial score (nSPS) is 35.3. The molecule has 2 rings (SSSR count). The molecule has 3 N–H and O–H groups in total. The van der Waals surface area contributed by atoms with Crippen molar-refractivity contribution >= 4 is 5.91 Å². The molecule has 0 bridgehead atoms. The maximum absolute atomic E-state index is 12.5. The Labute approximate surface area is 117 Å². The van der Waals surface area contributed by atoms with Crippen LogP contribution in [0.5, 0.6) is 0 Å². The maximum Gasteiger partial charge on any atom is 0.223 e. The number of nitrogens with one attached hydrogen (secondary N) is 1. The summed E-state index contributed by atoms with van der Waals surface area (Å²) in [5.41, 5.74) is 6.17. The summed E-state index contributed by atoms with van der Waals surface area (Å²) in [6.07, 6.45) is 7.16. The van der Waals surface area contributed by atoms with Gasteiger partial charge in [0.25, 0.3) is 0 Å². The van der Waals surface area contributed by atoms with Crippen LogP contribution in [0.15, 0.2) is 0 Å². The molecule has 0 aromatic carbocycles. The highest BCUT2D eigenvalue weighted by atomic mass is 16.1. The van der Waals surface area contributed by atoms with Crippen molar-refractivity contribution in [2.24, 2.45) is 28.9 Å². The minimum absolute atomic E-state index is 0.0113. The Morgan fingerprint density at radius 3 is 2.47 bits per heavy atom. The summed E-state index contributed by atoms with van der Waals surface area (Å²) >= 11 is 0. The second-order valence-corrected chi connectivity index (χ2v) is 7.30. The lowest BCUT2D eigenvalue weighted by molar-refractivity contribution is -0.132. The quantitative estimate of drug-likeness (QED) is 0.825. The highest BCUT2D eigenvalue weighted by Crippen LogP contribution is 2.44. The molecule has 0 aliphatic heterocycles. The Kier molecular flexibility index (Phi) is 4.54. The molecule has 2 aliphatic carbocycles. The van der Waals surface area contributed by atoms with Crippen molar-refractivity contribution in [3.8, 4) is 0 Å². The van der Waals surface area contributed by atoms with E-state index in [9.17, 15) is 4.79 Å². The van der Waals surface area contributed by atoms with E-state index in [1.165, 1.54) is 25.7 Å². The summed E-state index contributed by atoms with van der Waals surface area (Å²) in [5, 5.41) is 3.21. The number of amides is 1. The topological polar surface area (TPSA) is 55.1 Å². The Morgan fingerprint density at radius 2 is 1.84 bits per heavy atom. The van der Waals surface area contributed by atoms with Crippen LogP contribution < -0.4 is 11.1 Å². The predicted octanol–water partition coefficient (Wildman–Crippen LogP) is 2.69. The number of hydrogen-bond acceptors (Lipinski definition) is 2. The second kappa shape index (κ2) is 5.82. The molecule has 3 unspecified atom stereocenters. The van der Waals surface area contributed by atoms with Crippen LogP contribution in [0.2, 0.25) is 0 Å². The zero-order valence-electron chi connectivity index (χ0n) is 12.7. The van der Waals surface area contributed by atoms with E-state index in [0.29, 0.717) is 5.92 Å². The fourth-order valence-electron chi connectivity index (χ4n) is 3.90. The van der Waals surface area contributed by atoms with E-state index in [1.807, 2.05) is 0 Å². The highest BCUT2D eigenvalue weighted by molar-refractivity contribution is 5.79. The van der Waals surface area contributed by atoms with Crippen molar-refractivity contribution < 1.29 is 4.79 Å². The van der Waals surface area contributed by atoms with Gasteiger partial charge in [0.1, 0.15) is 0 Å². The van der Waals surface area contributed by atoms with Crippen LogP contribution in [-0.4, -0.2) is 18.5 Å². The standard InChI is InChI=1S/C16H30N2O/c1-11-14(17)9-8-13(16(11,2)3)15(19)18-10-12-6-4-5-7-12/h11-14H,4-10,17H2,1-3H3,(H,18,19). The number of nitrogens with two attached hydrogens (primary N) is 1. The lowest BCUT2D eigenvalue weighted by atomic mass is 9.61. The molecule has 2 fully saturated rings. The van der Waals surface area contributed by atoms with Crippen molar-refractivity contribution in [2.75, 3.05) is 6.54 Å². The molecule has 3 nitrogen and oxygen atoms in total. The lowest BCUT2D eigenvalue weighted by Gasteiger charge is -2.46. The van der Waals surface area contributed by atoms with Gasteiger partial charge in [-0.2, -0.15) is 0 Å². The summed E-state index contributed by atoms with van der Waals surface area (Å²) in [5.74, 6) is 1.51. The van der Waals surface area contributed by atoms with Crippen LogP contribution in [0, 0.1) is 23.2 Å². The zero-order valence-corrected chi connectivity index (χ0v) is 12.7. The van der Waals surface area contributed by atoms with Gasteiger partial charge < -0.3 is 11.1 Å². The fraction of sp³-hybridized carbons (Fsp3) is 0.938. The number of carbonyl (C=O) groups excluding carboxylic acids is 1. The van der Waals surface area contributed by atoms with E-state index in [4.69, 9.17) is 5.73 Å². The molecule has 0 saturated heterocycles. The number of carbonyl (C=O) groups is 1. The van der Waals surface area contributed by atoms with Gasteiger partial charge in [-0.25, -0.2) is 0 Å². The molecule has 3 heteroatoms. The van der Waals surface area contributed by atoms with E-state index in [0.717, 1.165) is 25.3 Å². The number of rotatable bonds is 3. The molecule has 0 aromatic rings. The Hall–Kier alpha value is -0.570. The molecule has 0 heterocycles. The van der Waals surface area contributed by atoms with Gasteiger partial charge in [0.05, 0.1) is 0 Å². The molecular formula is C16H30N2O. The van der Waals surface area contributed by atoms with Crippen molar-refractivity contribution in [3.63, 3.8) is 0 Å². The largest absolute Gasteiger partial charge is 0.356 e. The average Bonchev–Trinajstić information content (AvgIpc) is 2.86. The molecule has 2 saturated carbocycles. The minimum atomic E-state index is 0.0113. The summed E-state index contributed by atoms with van der Waals surface area (Å²) in [6.45, 7) is 7.49. The summed E-state index contributed by atoms with van der Waals surface area (Å²) in [7, 11) is 0. The van der Waals surface area contributed by atoms with Gasteiger partial charge in [0, 0.05) is 18.5 Å². The minimum Gasteiger partial charge on any atom is -0.356 e. The van der Waals surface area contributed by atoms with Gasteiger partial charge in [-0.3, -0.25) is 4.79 Å². The Balaban J connectivity index is 1.90. The van der Waals surface area contributed by atoms with Crippen LogP contribution >= 0.6 is 0 Å². The van der Waals surface area contributed by atoms with E-state index in [1.54, 1.807) is 0 Å². The van der Waals surface area contributed by atoms with Gasteiger partial charge in [-0.05, 0) is 42.9 Å². The van der Waals surface area contributed by atoms with Crippen LogP contribution in [0.4, 0.5) is 0 Å². The first-order valence-corrected chi connectivity index (χ1v) is 7.96. The summed E-state index contributed by atoms with van der Waals surface area (Å²) < 4.78 is 0. The van der Waals surface area contributed by atoms with Gasteiger partial charge in [-0.1, -0.05) is 33.6 Å². The summed E-state index contributed by atoms with van der Waals surface area (Å²) in [6, 6.07) is 0.244. The molecule has 1 amide bonds. The van der Waals surface area contributed by atoms with Crippen molar-refractivity contribution in [2.45, 2.75) is 65.3 Å². The lowest BCUT2D eigenvalue weighted by Crippen LogP contribution is -2.52. The second-order valence-electron chi connectivity index (χ2n) is 7.30. The Bertz CT molecular complexity index is 321. The third-order valence-electron chi connectivity index (χ3n) is 5.86. The third-order valence-corrected chi connectivity index (χ3v) is 5.86. The van der Waals surface area contributed by atoms with Crippen LogP contribution in [-0.2, 0) is 4.79 Å². The SMILES string of the molecule is CC1C(N)CCC(C(=O)NCC2CCCC2)C1(C)C. The zero-order chi connectivity index (χ0) is 14.0. The first-order chi connectivity index (χ1) is 8.93. The van der Waals surface area contributed by atoms with E-state index < -0.39 is 0 Å². The smallest absolute Gasteiger partial charge is 0.223 e. The van der Waals surface area contributed by atoms with Crippen molar-refractivity contribution in [1.29, 1.82) is 0 Å². The molecule has 0 radical (unpaired) electrons.